The van der Waals surface area contributed by atoms with Gasteiger partial charge >= 0.3 is 0 Å². The van der Waals surface area contributed by atoms with E-state index >= 15 is 0 Å². The van der Waals surface area contributed by atoms with Gasteiger partial charge < -0.3 is 4.90 Å². The number of halogens is 1. The van der Waals surface area contributed by atoms with Gasteiger partial charge in [-0.15, -0.1) is 11.3 Å². The van der Waals surface area contributed by atoms with Crippen LogP contribution in [0.25, 0.3) is 10.1 Å². The molecule has 0 spiro atoms. The number of sulfonamides is 1. The highest BCUT2D eigenvalue weighted by Crippen LogP contribution is 2.32. The van der Waals surface area contributed by atoms with Crippen LogP contribution in [0.5, 0.6) is 0 Å². The van der Waals surface area contributed by atoms with Crippen molar-refractivity contribution in [3.63, 3.8) is 0 Å². The Morgan fingerprint density at radius 3 is 2.38 bits per heavy atom. The molecule has 0 aliphatic heterocycles. The largest absolute Gasteiger partial charge is 0.337 e. The Hall–Kier alpha value is -3.23. The number of carbonyl (C=O) groups excluding carboxylic acids is 1. The van der Waals surface area contributed by atoms with Gasteiger partial charge in [-0.1, -0.05) is 35.9 Å². The van der Waals surface area contributed by atoms with Crippen molar-refractivity contribution in [3.05, 3.63) is 94.6 Å². The van der Waals surface area contributed by atoms with Crippen LogP contribution in [0.1, 0.15) is 27.7 Å². The number of amides is 1. The first-order valence-corrected chi connectivity index (χ1v) is 13.1. The Morgan fingerprint density at radius 1 is 1.00 bits per heavy atom. The molecule has 0 fully saturated rings. The third-order valence-electron chi connectivity index (χ3n) is 5.61. The van der Waals surface area contributed by atoms with Crippen LogP contribution in [0.3, 0.4) is 0 Å². The molecule has 176 valence electrons. The van der Waals surface area contributed by atoms with Crippen molar-refractivity contribution < 1.29 is 17.6 Å². The SMILES string of the molecule is CCN(c1ccc2sc(C(=O)N(C)Cc3ccccc3F)cc2c1)S(=O)(=O)c1ccc(C)cc1. The van der Waals surface area contributed by atoms with E-state index in [1.54, 1.807) is 74.6 Å². The normalized spacial score (nSPS) is 11.5. The molecular formula is C26H25FN2O3S2. The highest BCUT2D eigenvalue weighted by atomic mass is 32.2. The zero-order valence-electron chi connectivity index (χ0n) is 19.2. The first-order valence-electron chi connectivity index (χ1n) is 10.8. The number of carbonyl (C=O) groups is 1. The number of anilines is 1. The molecule has 1 aromatic heterocycles. The molecule has 4 aromatic rings. The fraction of sp³-hybridized carbons (Fsp3) is 0.192. The van der Waals surface area contributed by atoms with Crippen molar-refractivity contribution in [2.75, 3.05) is 17.9 Å². The summed E-state index contributed by atoms with van der Waals surface area (Å²) in [5.41, 5.74) is 1.97. The molecule has 0 bridgehead atoms. The minimum atomic E-state index is -3.73. The van der Waals surface area contributed by atoms with E-state index in [0.717, 1.165) is 15.6 Å². The molecule has 0 radical (unpaired) electrons. The van der Waals surface area contributed by atoms with E-state index in [1.165, 1.54) is 26.6 Å². The summed E-state index contributed by atoms with van der Waals surface area (Å²) in [6, 6.07) is 20.3. The third-order valence-corrected chi connectivity index (χ3v) is 8.63. The molecule has 0 saturated carbocycles. The van der Waals surface area contributed by atoms with Crippen molar-refractivity contribution in [2.45, 2.75) is 25.3 Å². The standard InChI is InChI=1S/C26H25FN2O3S2/c1-4-29(34(31,32)22-12-9-18(2)10-13-22)21-11-14-24-20(15-21)16-25(33-24)26(30)28(3)17-19-7-5-6-8-23(19)27/h5-16H,4,17H2,1-3H3. The summed E-state index contributed by atoms with van der Waals surface area (Å²) < 4.78 is 42.7. The van der Waals surface area contributed by atoms with Gasteiger partial charge in [-0.2, -0.15) is 0 Å². The predicted molar refractivity (Wildman–Crippen MR) is 135 cm³/mol. The highest BCUT2D eigenvalue weighted by Gasteiger charge is 2.24. The molecule has 0 aliphatic rings. The molecule has 3 aromatic carbocycles. The lowest BCUT2D eigenvalue weighted by atomic mass is 10.2. The minimum absolute atomic E-state index is 0.156. The summed E-state index contributed by atoms with van der Waals surface area (Å²) in [5, 5.41) is 0.780. The van der Waals surface area contributed by atoms with E-state index < -0.39 is 10.0 Å². The molecular weight excluding hydrogens is 471 g/mol. The Kier molecular flexibility index (Phi) is 6.72. The zero-order valence-corrected chi connectivity index (χ0v) is 20.8. The molecule has 8 heteroatoms. The van der Waals surface area contributed by atoms with E-state index in [2.05, 4.69) is 0 Å². The van der Waals surface area contributed by atoms with E-state index in [4.69, 9.17) is 0 Å². The molecule has 4 rings (SSSR count). The maximum Gasteiger partial charge on any atom is 0.264 e. The van der Waals surface area contributed by atoms with Crippen molar-refractivity contribution >= 4 is 43.0 Å². The number of thiophene rings is 1. The Bertz CT molecular complexity index is 1450. The molecule has 1 heterocycles. The second kappa shape index (κ2) is 9.56. The van der Waals surface area contributed by atoms with Gasteiger partial charge in [0, 0.05) is 30.4 Å². The van der Waals surface area contributed by atoms with Crippen LogP contribution in [0, 0.1) is 12.7 Å². The Labute approximate surface area is 203 Å². The van der Waals surface area contributed by atoms with Crippen molar-refractivity contribution in [3.8, 4) is 0 Å². The monoisotopic (exact) mass is 496 g/mol. The number of hydrogen-bond acceptors (Lipinski definition) is 4. The van der Waals surface area contributed by atoms with Gasteiger partial charge in [0.15, 0.2) is 0 Å². The molecule has 5 nitrogen and oxygen atoms in total. The quantitative estimate of drug-likeness (QED) is 0.323. The highest BCUT2D eigenvalue weighted by molar-refractivity contribution is 7.92. The summed E-state index contributed by atoms with van der Waals surface area (Å²) in [7, 11) is -2.09. The molecule has 1 amide bonds. The molecule has 0 N–H and O–H groups in total. The lowest BCUT2D eigenvalue weighted by molar-refractivity contribution is 0.0788. The first-order chi connectivity index (χ1) is 16.2. The van der Waals surface area contributed by atoms with Gasteiger partial charge in [0.05, 0.1) is 15.5 Å². The Morgan fingerprint density at radius 2 is 1.71 bits per heavy atom. The first kappa shape index (κ1) is 23.9. The van der Waals surface area contributed by atoms with Gasteiger partial charge in [0.2, 0.25) is 0 Å². The van der Waals surface area contributed by atoms with Crippen molar-refractivity contribution in [1.29, 1.82) is 0 Å². The van der Waals surface area contributed by atoms with Crippen LogP contribution in [-0.4, -0.2) is 32.8 Å². The lowest BCUT2D eigenvalue weighted by Gasteiger charge is -2.23. The van der Waals surface area contributed by atoms with Crippen LogP contribution in [-0.2, 0) is 16.6 Å². The Balaban J connectivity index is 1.61. The number of aryl methyl sites for hydroxylation is 1. The summed E-state index contributed by atoms with van der Waals surface area (Å²) >= 11 is 1.33. The summed E-state index contributed by atoms with van der Waals surface area (Å²) in [5.74, 6) is -0.566. The lowest BCUT2D eigenvalue weighted by Crippen LogP contribution is -2.30. The van der Waals surface area contributed by atoms with Crippen molar-refractivity contribution in [2.24, 2.45) is 0 Å². The molecule has 0 aliphatic carbocycles. The topological polar surface area (TPSA) is 57.7 Å². The fourth-order valence-corrected chi connectivity index (χ4v) is 6.27. The summed E-state index contributed by atoms with van der Waals surface area (Å²) in [6.07, 6.45) is 0. The van der Waals surface area contributed by atoms with Crippen molar-refractivity contribution in [1.82, 2.24) is 4.90 Å². The zero-order chi connectivity index (χ0) is 24.5. The fourth-order valence-electron chi connectivity index (χ4n) is 3.76. The van der Waals surface area contributed by atoms with E-state index in [1.807, 2.05) is 13.0 Å². The van der Waals surface area contributed by atoms with E-state index in [0.29, 0.717) is 16.1 Å². The van der Waals surface area contributed by atoms with Gasteiger partial charge in [-0.25, -0.2) is 12.8 Å². The predicted octanol–water partition coefficient (Wildman–Crippen LogP) is 5.84. The molecule has 0 unspecified atom stereocenters. The van der Waals surface area contributed by atoms with Crippen LogP contribution < -0.4 is 4.31 Å². The average Bonchev–Trinajstić information content (AvgIpc) is 3.24. The second-order valence-corrected chi connectivity index (χ2v) is 11.0. The third kappa shape index (κ3) is 4.69. The summed E-state index contributed by atoms with van der Waals surface area (Å²) in [4.78, 5) is 15.2. The van der Waals surface area contributed by atoms with Crippen LogP contribution in [0.4, 0.5) is 10.1 Å². The minimum Gasteiger partial charge on any atom is -0.337 e. The second-order valence-electron chi connectivity index (χ2n) is 8.07. The maximum atomic E-state index is 14.0. The average molecular weight is 497 g/mol. The molecule has 34 heavy (non-hydrogen) atoms. The maximum absolute atomic E-state index is 14.0. The van der Waals surface area contributed by atoms with E-state index in [9.17, 15) is 17.6 Å². The van der Waals surface area contributed by atoms with Gasteiger partial charge in [-0.3, -0.25) is 9.10 Å². The van der Waals surface area contributed by atoms with Crippen LogP contribution >= 0.6 is 11.3 Å². The number of fused-ring (bicyclic) bond motifs is 1. The number of benzene rings is 3. The van der Waals surface area contributed by atoms with Gasteiger partial charge in [0.1, 0.15) is 5.82 Å². The van der Waals surface area contributed by atoms with E-state index in [-0.39, 0.29) is 29.7 Å². The smallest absolute Gasteiger partial charge is 0.264 e. The van der Waals surface area contributed by atoms with Gasteiger partial charge in [-0.05, 0) is 61.7 Å². The summed E-state index contributed by atoms with van der Waals surface area (Å²) in [6.45, 7) is 4.12. The van der Waals surface area contributed by atoms with Crippen LogP contribution in [0.15, 0.2) is 77.7 Å². The number of hydrogen-bond donors (Lipinski definition) is 0. The number of rotatable bonds is 7. The van der Waals surface area contributed by atoms with Crippen LogP contribution in [0.2, 0.25) is 0 Å². The number of nitrogens with zero attached hydrogens (tertiary/aromatic N) is 2. The molecule has 0 atom stereocenters. The molecule has 0 saturated heterocycles. The van der Waals surface area contributed by atoms with Gasteiger partial charge in [0.25, 0.3) is 15.9 Å².